The maximum Gasteiger partial charge on any atom is 0.241 e. The van der Waals surface area contributed by atoms with Gasteiger partial charge in [0.2, 0.25) is 5.91 Å². The van der Waals surface area contributed by atoms with Gasteiger partial charge in [-0.1, -0.05) is 31.2 Å². The van der Waals surface area contributed by atoms with Gasteiger partial charge in [0.1, 0.15) is 12.1 Å². The summed E-state index contributed by atoms with van der Waals surface area (Å²) in [6.45, 7) is 5.02. The largest absolute Gasteiger partial charge is 0.354 e. The minimum absolute atomic E-state index is 0.0330. The molecule has 0 atom stereocenters. The van der Waals surface area contributed by atoms with Gasteiger partial charge in [-0.15, -0.1) is 5.10 Å². The second-order valence-electron chi connectivity index (χ2n) is 4.43. The Hall–Kier alpha value is -1.91. The van der Waals surface area contributed by atoms with Gasteiger partial charge in [-0.3, -0.25) is 4.79 Å². The first-order chi connectivity index (χ1) is 8.16. The fraction of sp³-hybridized carbons (Fsp3) is 0.417. The average molecular weight is 232 g/mol. The van der Waals surface area contributed by atoms with Crippen molar-refractivity contribution in [3.63, 3.8) is 0 Å². The van der Waals surface area contributed by atoms with Crippen LogP contribution in [-0.4, -0.2) is 27.4 Å². The van der Waals surface area contributed by atoms with Crippen LogP contribution in [0.3, 0.4) is 0 Å². The van der Waals surface area contributed by atoms with E-state index >= 15 is 0 Å². The van der Waals surface area contributed by atoms with Crippen LogP contribution in [0, 0.1) is 5.92 Å². The Morgan fingerprint density at radius 3 is 2.94 bits per heavy atom. The topological polar surface area (TPSA) is 59.8 Å². The Balaban J connectivity index is 2.06. The highest BCUT2D eigenvalue weighted by atomic mass is 16.2. The maximum absolute atomic E-state index is 11.7. The highest BCUT2D eigenvalue weighted by Gasteiger charge is 2.08. The number of carbonyl (C=O) groups excluding carboxylic acids is 1. The molecular formula is C12H16N4O. The average Bonchev–Trinajstić information content (AvgIpc) is 2.70. The third kappa shape index (κ3) is 2.81. The van der Waals surface area contributed by atoms with E-state index in [4.69, 9.17) is 0 Å². The standard InChI is InChI=1S/C12H16N4O/c1-9(2)7-13-12(17)8-16-11-6-4-3-5-10(11)14-15-16/h3-6,9H,7-8H2,1-2H3,(H,13,17). The van der Waals surface area contributed by atoms with Crippen LogP contribution in [0.4, 0.5) is 0 Å². The zero-order valence-electron chi connectivity index (χ0n) is 10.1. The lowest BCUT2D eigenvalue weighted by Gasteiger charge is -2.07. The van der Waals surface area contributed by atoms with Gasteiger partial charge in [0.15, 0.2) is 0 Å². The summed E-state index contributed by atoms with van der Waals surface area (Å²) in [5.74, 6) is 0.417. The van der Waals surface area contributed by atoms with Crippen LogP contribution in [0.15, 0.2) is 24.3 Å². The first kappa shape index (κ1) is 11.6. The quantitative estimate of drug-likeness (QED) is 0.861. The Bertz CT molecular complexity index is 518. The summed E-state index contributed by atoms with van der Waals surface area (Å²) >= 11 is 0. The molecule has 0 radical (unpaired) electrons. The fourth-order valence-corrected chi connectivity index (χ4v) is 1.54. The van der Waals surface area contributed by atoms with Crippen molar-refractivity contribution in [3.8, 4) is 0 Å². The molecule has 0 aliphatic heterocycles. The molecule has 1 amide bonds. The third-order valence-corrected chi connectivity index (χ3v) is 2.42. The number of aromatic nitrogens is 3. The number of para-hydroxylation sites is 1. The second-order valence-corrected chi connectivity index (χ2v) is 4.43. The molecule has 1 N–H and O–H groups in total. The number of amides is 1. The number of benzene rings is 1. The molecule has 2 rings (SSSR count). The SMILES string of the molecule is CC(C)CNC(=O)Cn1nnc2ccccc21. The maximum atomic E-state index is 11.7. The molecule has 5 heteroatoms. The van der Waals surface area contributed by atoms with Crippen LogP contribution in [0.2, 0.25) is 0 Å². The highest BCUT2D eigenvalue weighted by molar-refractivity contribution is 5.79. The number of nitrogens with zero attached hydrogens (tertiary/aromatic N) is 3. The van der Waals surface area contributed by atoms with E-state index in [1.807, 2.05) is 24.3 Å². The molecule has 0 aliphatic rings. The van der Waals surface area contributed by atoms with E-state index in [0.717, 1.165) is 11.0 Å². The highest BCUT2D eigenvalue weighted by Crippen LogP contribution is 2.09. The normalized spacial score (nSPS) is 11.0. The predicted octanol–water partition coefficient (Wildman–Crippen LogP) is 1.20. The number of fused-ring (bicyclic) bond motifs is 1. The van der Waals surface area contributed by atoms with Crippen molar-refractivity contribution < 1.29 is 4.79 Å². The van der Waals surface area contributed by atoms with Gasteiger partial charge in [-0.2, -0.15) is 0 Å². The molecule has 1 aromatic carbocycles. The molecule has 0 unspecified atom stereocenters. The smallest absolute Gasteiger partial charge is 0.241 e. The third-order valence-electron chi connectivity index (χ3n) is 2.42. The molecule has 0 saturated carbocycles. The van der Waals surface area contributed by atoms with Gasteiger partial charge in [0, 0.05) is 6.54 Å². The molecule has 5 nitrogen and oxygen atoms in total. The van der Waals surface area contributed by atoms with Gasteiger partial charge < -0.3 is 5.32 Å². The van der Waals surface area contributed by atoms with Crippen LogP contribution in [0.1, 0.15) is 13.8 Å². The lowest BCUT2D eigenvalue weighted by atomic mass is 10.2. The first-order valence-corrected chi connectivity index (χ1v) is 5.71. The van der Waals surface area contributed by atoms with Gasteiger partial charge in [-0.05, 0) is 18.1 Å². The van der Waals surface area contributed by atoms with Crippen molar-refractivity contribution in [2.24, 2.45) is 5.92 Å². The van der Waals surface area contributed by atoms with Crippen LogP contribution in [0.25, 0.3) is 11.0 Å². The molecule has 90 valence electrons. The molecule has 17 heavy (non-hydrogen) atoms. The molecular weight excluding hydrogens is 216 g/mol. The number of nitrogens with one attached hydrogen (secondary N) is 1. The Kier molecular flexibility index (Phi) is 3.37. The van der Waals surface area contributed by atoms with Gasteiger partial charge in [-0.25, -0.2) is 4.68 Å². The van der Waals surface area contributed by atoms with Crippen molar-refractivity contribution in [1.29, 1.82) is 0 Å². The summed E-state index contributed by atoms with van der Waals surface area (Å²) < 4.78 is 1.62. The van der Waals surface area contributed by atoms with Gasteiger partial charge in [0.25, 0.3) is 0 Å². The van der Waals surface area contributed by atoms with Crippen LogP contribution in [-0.2, 0) is 11.3 Å². The molecule has 0 saturated heterocycles. The number of rotatable bonds is 4. The van der Waals surface area contributed by atoms with Crippen molar-refractivity contribution in [3.05, 3.63) is 24.3 Å². The van der Waals surface area contributed by atoms with E-state index in [0.29, 0.717) is 12.5 Å². The minimum atomic E-state index is -0.0330. The number of hydrogen-bond donors (Lipinski definition) is 1. The molecule has 1 heterocycles. The summed E-state index contributed by atoms with van der Waals surface area (Å²) in [5, 5.41) is 10.8. The first-order valence-electron chi connectivity index (χ1n) is 5.71. The number of carbonyl (C=O) groups is 1. The summed E-state index contributed by atoms with van der Waals surface area (Å²) in [4.78, 5) is 11.7. The van der Waals surface area contributed by atoms with E-state index < -0.39 is 0 Å². The van der Waals surface area contributed by atoms with Crippen molar-refractivity contribution in [2.45, 2.75) is 20.4 Å². The Morgan fingerprint density at radius 1 is 1.41 bits per heavy atom. The molecule has 0 spiro atoms. The summed E-state index contributed by atoms with van der Waals surface area (Å²) in [5.41, 5.74) is 1.69. The monoisotopic (exact) mass is 232 g/mol. The van der Waals surface area contributed by atoms with Crippen molar-refractivity contribution >= 4 is 16.9 Å². The molecule has 1 aromatic heterocycles. The Labute approximate surface area is 99.8 Å². The second kappa shape index (κ2) is 4.95. The van der Waals surface area contributed by atoms with E-state index in [9.17, 15) is 4.79 Å². The predicted molar refractivity (Wildman–Crippen MR) is 65.4 cm³/mol. The summed E-state index contributed by atoms with van der Waals surface area (Å²) in [6, 6.07) is 7.60. The van der Waals surface area contributed by atoms with Gasteiger partial charge >= 0.3 is 0 Å². The fourth-order valence-electron chi connectivity index (χ4n) is 1.54. The van der Waals surface area contributed by atoms with Crippen LogP contribution < -0.4 is 5.32 Å². The van der Waals surface area contributed by atoms with Crippen LogP contribution >= 0.6 is 0 Å². The van der Waals surface area contributed by atoms with Crippen LogP contribution in [0.5, 0.6) is 0 Å². The van der Waals surface area contributed by atoms with E-state index in [2.05, 4.69) is 29.5 Å². The lowest BCUT2D eigenvalue weighted by molar-refractivity contribution is -0.121. The van der Waals surface area contributed by atoms with E-state index in [-0.39, 0.29) is 12.5 Å². The van der Waals surface area contributed by atoms with E-state index in [1.165, 1.54) is 0 Å². The van der Waals surface area contributed by atoms with Crippen molar-refractivity contribution in [2.75, 3.05) is 6.54 Å². The Morgan fingerprint density at radius 2 is 2.18 bits per heavy atom. The lowest BCUT2D eigenvalue weighted by Crippen LogP contribution is -2.30. The zero-order valence-corrected chi connectivity index (χ0v) is 10.1. The summed E-state index contributed by atoms with van der Waals surface area (Å²) in [6.07, 6.45) is 0. The molecule has 0 aliphatic carbocycles. The van der Waals surface area contributed by atoms with E-state index in [1.54, 1.807) is 4.68 Å². The van der Waals surface area contributed by atoms with Crippen molar-refractivity contribution in [1.82, 2.24) is 20.3 Å². The molecule has 0 fully saturated rings. The zero-order chi connectivity index (χ0) is 12.3. The molecule has 2 aromatic rings. The number of hydrogen-bond acceptors (Lipinski definition) is 3. The van der Waals surface area contributed by atoms with Gasteiger partial charge in [0.05, 0.1) is 5.52 Å². The molecule has 0 bridgehead atoms. The summed E-state index contributed by atoms with van der Waals surface area (Å²) in [7, 11) is 0. The minimum Gasteiger partial charge on any atom is -0.354 e.